The van der Waals surface area contributed by atoms with Gasteiger partial charge in [-0.1, -0.05) is 0 Å². The zero-order valence-corrected chi connectivity index (χ0v) is 7.43. The number of hydrogen-bond donors (Lipinski definition) is 7. The van der Waals surface area contributed by atoms with Crippen LogP contribution in [0.4, 0.5) is 0 Å². The first-order valence-electron chi connectivity index (χ1n) is 4.07. The van der Waals surface area contributed by atoms with Gasteiger partial charge in [0.2, 0.25) is 0 Å². The molecule has 0 saturated heterocycles. The average Bonchev–Trinajstić information content (AvgIpc) is 2.23. The first kappa shape index (κ1) is 13.7. The van der Waals surface area contributed by atoms with Gasteiger partial charge in [-0.3, -0.25) is 0 Å². The van der Waals surface area contributed by atoms with Gasteiger partial charge in [-0.2, -0.15) is 0 Å². The number of hydrogen-bond acceptors (Lipinski definition) is 7. The van der Waals surface area contributed by atoms with E-state index in [1.807, 2.05) is 0 Å². The molecule has 14 heavy (non-hydrogen) atoms. The summed E-state index contributed by atoms with van der Waals surface area (Å²) in [5.74, 6) is 0. The van der Waals surface area contributed by atoms with E-state index in [9.17, 15) is 0 Å². The van der Waals surface area contributed by atoms with Gasteiger partial charge in [-0.25, -0.2) is 0 Å². The van der Waals surface area contributed by atoms with Crippen LogP contribution in [-0.4, -0.2) is 79.5 Å². The first-order valence-corrected chi connectivity index (χ1v) is 4.07. The second-order valence-corrected chi connectivity index (χ2v) is 2.97. The zero-order valence-electron chi connectivity index (χ0n) is 7.43. The Hall–Kier alpha value is -0.280. The van der Waals surface area contributed by atoms with Crippen LogP contribution < -0.4 is 0 Å². The molecule has 7 nitrogen and oxygen atoms in total. The Morgan fingerprint density at radius 2 is 0.857 bits per heavy atom. The summed E-state index contributed by atoms with van der Waals surface area (Å²) in [6.07, 6.45) is -8.68. The van der Waals surface area contributed by atoms with Gasteiger partial charge in [0.1, 0.15) is 30.5 Å². The van der Waals surface area contributed by atoms with Crippen molar-refractivity contribution in [2.45, 2.75) is 30.5 Å². The molecule has 0 aromatic carbocycles. The molecule has 86 valence electrons. The Bertz CT molecular complexity index is 137. The molecule has 1 unspecified atom stereocenters. The summed E-state index contributed by atoms with van der Waals surface area (Å²) < 4.78 is 0. The van der Waals surface area contributed by atoms with E-state index in [1.54, 1.807) is 0 Å². The maximum absolute atomic E-state index is 9.15. The van der Waals surface area contributed by atoms with Crippen LogP contribution >= 0.6 is 0 Å². The molecule has 7 N–H and O–H groups in total. The summed E-state index contributed by atoms with van der Waals surface area (Å²) >= 11 is 0. The second-order valence-electron chi connectivity index (χ2n) is 2.97. The summed E-state index contributed by atoms with van der Waals surface area (Å²) in [6.45, 7) is -1.58. The molecule has 0 fully saturated rings. The predicted molar refractivity (Wildman–Crippen MR) is 44.2 cm³/mol. The molecule has 0 saturated carbocycles. The van der Waals surface area contributed by atoms with Crippen molar-refractivity contribution in [3.05, 3.63) is 0 Å². The van der Waals surface area contributed by atoms with Gasteiger partial charge < -0.3 is 35.7 Å². The van der Waals surface area contributed by atoms with Crippen LogP contribution in [0.3, 0.4) is 0 Å². The van der Waals surface area contributed by atoms with Crippen molar-refractivity contribution in [2.24, 2.45) is 0 Å². The van der Waals surface area contributed by atoms with Crippen LogP contribution in [0, 0.1) is 0 Å². The lowest BCUT2D eigenvalue weighted by molar-refractivity contribution is -0.145. The first-order chi connectivity index (χ1) is 6.45. The largest absolute Gasteiger partial charge is 0.394 e. The maximum Gasteiger partial charge on any atom is 0.111 e. The van der Waals surface area contributed by atoms with E-state index >= 15 is 0 Å². The van der Waals surface area contributed by atoms with Crippen molar-refractivity contribution in [2.75, 3.05) is 13.2 Å². The molecule has 0 aliphatic rings. The maximum atomic E-state index is 9.15. The Morgan fingerprint density at radius 3 is 1.07 bits per heavy atom. The standard InChI is InChI=1S/C7H16O7/c8-1-3(10)5(12)7(14)6(13)4(11)2-9/h3-14H,1-2H2/t3-,4+,5+,6-,7?. The highest BCUT2D eigenvalue weighted by atomic mass is 16.4. The van der Waals surface area contributed by atoms with E-state index in [0.29, 0.717) is 0 Å². The fourth-order valence-corrected chi connectivity index (χ4v) is 0.873. The Morgan fingerprint density at radius 1 is 0.571 bits per heavy atom. The van der Waals surface area contributed by atoms with Crippen LogP contribution in [0.2, 0.25) is 0 Å². The van der Waals surface area contributed by atoms with E-state index in [4.69, 9.17) is 35.7 Å². The van der Waals surface area contributed by atoms with Gasteiger partial charge in [0.25, 0.3) is 0 Å². The van der Waals surface area contributed by atoms with Gasteiger partial charge in [-0.15, -0.1) is 0 Å². The highest BCUT2D eigenvalue weighted by molar-refractivity contribution is 4.84. The quantitative estimate of drug-likeness (QED) is 0.236. The van der Waals surface area contributed by atoms with Gasteiger partial charge in [0.05, 0.1) is 13.2 Å². The van der Waals surface area contributed by atoms with E-state index in [0.717, 1.165) is 0 Å². The van der Waals surface area contributed by atoms with E-state index < -0.39 is 43.7 Å². The molecule has 0 aromatic heterocycles. The SMILES string of the molecule is OC[C@@H](O)[C@H](O)C(O)[C@H](O)[C@@H](O)CO. The minimum Gasteiger partial charge on any atom is -0.394 e. The van der Waals surface area contributed by atoms with Crippen molar-refractivity contribution < 1.29 is 35.7 Å². The zero-order chi connectivity index (χ0) is 11.3. The lowest BCUT2D eigenvalue weighted by Gasteiger charge is -2.27. The second kappa shape index (κ2) is 6.25. The van der Waals surface area contributed by atoms with Gasteiger partial charge >= 0.3 is 0 Å². The van der Waals surface area contributed by atoms with E-state index in [-0.39, 0.29) is 0 Å². The van der Waals surface area contributed by atoms with Crippen molar-refractivity contribution in [1.82, 2.24) is 0 Å². The Kier molecular flexibility index (Phi) is 6.12. The molecule has 0 amide bonds. The molecule has 0 aliphatic carbocycles. The highest BCUT2D eigenvalue weighted by Gasteiger charge is 2.33. The van der Waals surface area contributed by atoms with E-state index in [1.165, 1.54) is 0 Å². The predicted octanol–water partition coefficient (Wildman–Crippen LogP) is -4.22. The fourth-order valence-electron chi connectivity index (χ4n) is 0.873. The van der Waals surface area contributed by atoms with Crippen molar-refractivity contribution in [1.29, 1.82) is 0 Å². The topological polar surface area (TPSA) is 142 Å². The van der Waals surface area contributed by atoms with Crippen LogP contribution in [0.25, 0.3) is 0 Å². The minimum atomic E-state index is -1.85. The molecule has 5 atom stereocenters. The number of rotatable bonds is 6. The fraction of sp³-hybridized carbons (Fsp3) is 1.00. The number of aliphatic hydroxyl groups excluding tert-OH is 7. The lowest BCUT2D eigenvalue weighted by atomic mass is 10.00. The third kappa shape index (κ3) is 3.46. The molecule has 7 heteroatoms. The van der Waals surface area contributed by atoms with Crippen molar-refractivity contribution in [3.63, 3.8) is 0 Å². The monoisotopic (exact) mass is 212 g/mol. The van der Waals surface area contributed by atoms with E-state index in [2.05, 4.69) is 0 Å². The summed E-state index contributed by atoms with van der Waals surface area (Å²) in [4.78, 5) is 0. The average molecular weight is 212 g/mol. The van der Waals surface area contributed by atoms with Crippen LogP contribution in [0.1, 0.15) is 0 Å². The van der Waals surface area contributed by atoms with Crippen LogP contribution in [0.5, 0.6) is 0 Å². The van der Waals surface area contributed by atoms with Gasteiger partial charge in [-0.05, 0) is 0 Å². The van der Waals surface area contributed by atoms with Crippen molar-refractivity contribution >= 4 is 0 Å². The molecule has 0 aliphatic heterocycles. The summed E-state index contributed by atoms with van der Waals surface area (Å²) in [6, 6.07) is 0. The highest BCUT2D eigenvalue weighted by Crippen LogP contribution is 2.07. The van der Waals surface area contributed by atoms with Crippen molar-refractivity contribution in [3.8, 4) is 0 Å². The van der Waals surface area contributed by atoms with Crippen LogP contribution in [0.15, 0.2) is 0 Å². The molecule has 0 rings (SSSR count). The summed E-state index contributed by atoms with van der Waals surface area (Å²) in [5.41, 5.74) is 0. The van der Waals surface area contributed by atoms with Gasteiger partial charge in [0, 0.05) is 0 Å². The summed E-state index contributed by atoms with van der Waals surface area (Å²) in [5, 5.41) is 61.9. The lowest BCUT2D eigenvalue weighted by Crippen LogP contribution is -2.50. The Labute approximate surface area is 80.5 Å². The van der Waals surface area contributed by atoms with Gasteiger partial charge in [0.15, 0.2) is 0 Å². The van der Waals surface area contributed by atoms with Crippen LogP contribution in [-0.2, 0) is 0 Å². The molecule has 0 aromatic rings. The molecule has 0 heterocycles. The number of aliphatic hydroxyl groups is 7. The Balaban J connectivity index is 4.22. The molecular formula is C7H16O7. The molecular weight excluding hydrogens is 196 g/mol. The smallest absolute Gasteiger partial charge is 0.111 e. The third-order valence-corrected chi connectivity index (χ3v) is 1.86. The molecule has 0 spiro atoms. The summed E-state index contributed by atoms with van der Waals surface area (Å²) in [7, 11) is 0. The normalized spacial score (nSPS) is 22.5. The minimum absolute atomic E-state index is 0.792. The molecule has 0 radical (unpaired) electrons. The third-order valence-electron chi connectivity index (χ3n) is 1.86. The molecule has 0 bridgehead atoms.